The Kier molecular flexibility index (Phi) is 4.05. The van der Waals surface area contributed by atoms with Gasteiger partial charge in [0.2, 0.25) is 5.95 Å². The van der Waals surface area contributed by atoms with Crippen LogP contribution in [-0.4, -0.2) is 30.1 Å². The van der Waals surface area contributed by atoms with Crippen LogP contribution in [0.3, 0.4) is 0 Å². The fraction of sp³-hybridized carbons (Fsp3) is 0.667. The normalized spacial score (nSPS) is 14.8. The van der Waals surface area contributed by atoms with Gasteiger partial charge >= 0.3 is 0 Å². The van der Waals surface area contributed by atoms with E-state index in [-0.39, 0.29) is 0 Å². The van der Waals surface area contributed by atoms with E-state index in [1.807, 2.05) is 7.05 Å². The van der Waals surface area contributed by atoms with Crippen molar-refractivity contribution < 1.29 is 0 Å². The van der Waals surface area contributed by atoms with Crippen molar-refractivity contribution in [3.63, 3.8) is 0 Å². The van der Waals surface area contributed by atoms with Gasteiger partial charge in [0.25, 0.3) is 0 Å². The molecule has 0 unspecified atom stereocenters. The number of hydrogen-bond donors (Lipinski definition) is 1. The molecule has 1 N–H and O–H groups in total. The lowest BCUT2D eigenvalue weighted by Crippen LogP contribution is -2.28. The maximum Gasteiger partial charge on any atom is 0.224 e. The lowest BCUT2D eigenvalue weighted by molar-refractivity contribution is 0.698. The third-order valence-electron chi connectivity index (χ3n) is 2.92. The molecule has 0 atom stereocenters. The largest absolute Gasteiger partial charge is 0.357 e. The molecule has 0 aliphatic heterocycles. The van der Waals surface area contributed by atoms with E-state index in [1.165, 1.54) is 12.8 Å². The summed E-state index contributed by atoms with van der Waals surface area (Å²) < 4.78 is 0. The SMILES string of the molecule is CCCN(CC1CC1)c1nc(NC)ncc1Cl. The number of nitrogens with one attached hydrogen (secondary N) is 1. The third kappa shape index (κ3) is 3.22. The van der Waals surface area contributed by atoms with Crippen LogP contribution in [0.5, 0.6) is 0 Å². The number of anilines is 2. The summed E-state index contributed by atoms with van der Waals surface area (Å²) in [5.74, 6) is 2.31. The van der Waals surface area contributed by atoms with Gasteiger partial charge in [-0.25, -0.2) is 4.98 Å². The molecule has 1 aliphatic carbocycles. The molecule has 0 saturated heterocycles. The van der Waals surface area contributed by atoms with Crippen molar-refractivity contribution in [1.29, 1.82) is 0 Å². The fourth-order valence-corrected chi connectivity index (χ4v) is 2.08. The van der Waals surface area contributed by atoms with Crippen LogP contribution in [0.4, 0.5) is 11.8 Å². The maximum absolute atomic E-state index is 6.19. The van der Waals surface area contributed by atoms with Crippen LogP contribution in [-0.2, 0) is 0 Å². The summed E-state index contributed by atoms with van der Waals surface area (Å²) in [6, 6.07) is 0. The molecule has 0 amide bonds. The summed E-state index contributed by atoms with van der Waals surface area (Å²) >= 11 is 6.19. The average Bonchev–Trinajstić information content (AvgIpc) is 3.13. The van der Waals surface area contributed by atoms with Crippen LogP contribution in [0.15, 0.2) is 6.20 Å². The Labute approximate surface area is 107 Å². The molecule has 0 bridgehead atoms. The lowest BCUT2D eigenvalue weighted by atomic mass is 10.3. The van der Waals surface area contributed by atoms with Gasteiger partial charge < -0.3 is 10.2 Å². The van der Waals surface area contributed by atoms with Crippen molar-refractivity contribution >= 4 is 23.4 Å². The molecule has 2 rings (SSSR count). The second-order valence-corrected chi connectivity index (χ2v) is 4.91. The van der Waals surface area contributed by atoms with E-state index >= 15 is 0 Å². The van der Waals surface area contributed by atoms with Crippen molar-refractivity contribution in [3.8, 4) is 0 Å². The third-order valence-corrected chi connectivity index (χ3v) is 3.18. The summed E-state index contributed by atoms with van der Waals surface area (Å²) in [7, 11) is 1.82. The van der Waals surface area contributed by atoms with E-state index in [2.05, 4.69) is 27.1 Å². The quantitative estimate of drug-likeness (QED) is 0.848. The number of halogens is 1. The first-order valence-electron chi connectivity index (χ1n) is 6.19. The highest BCUT2D eigenvalue weighted by Gasteiger charge is 2.25. The van der Waals surface area contributed by atoms with Crippen LogP contribution in [0.1, 0.15) is 26.2 Å². The van der Waals surface area contributed by atoms with E-state index < -0.39 is 0 Å². The second kappa shape index (κ2) is 5.54. The zero-order valence-electron chi connectivity index (χ0n) is 10.4. The van der Waals surface area contributed by atoms with Gasteiger partial charge in [0, 0.05) is 20.1 Å². The Bertz CT molecular complexity index is 379. The van der Waals surface area contributed by atoms with Crippen LogP contribution >= 0.6 is 11.6 Å². The van der Waals surface area contributed by atoms with Crippen LogP contribution in [0.2, 0.25) is 5.02 Å². The lowest BCUT2D eigenvalue weighted by Gasteiger charge is -2.24. The van der Waals surface area contributed by atoms with Crippen LogP contribution < -0.4 is 10.2 Å². The van der Waals surface area contributed by atoms with E-state index in [9.17, 15) is 0 Å². The number of rotatable bonds is 6. The Hall–Kier alpha value is -1.03. The summed E-state index contributed by atoms with van der Waals surface area (Å²) in [4.78, 5) is 10.9. The molecule has 5 heteroatoms. The van der Waals surface area contributed by atoms with Gasteiger partial charge in [-0.2, -0.15) is 4.98 Å². The highest BCUT2D eigenvalue weighted by Crippen LogP contribution is 2.33. The molecular weight excluding hydrogens is 236 g/mol. The zero-order valence-corrected chi connectivity index (χ0v) is 11.2. The molecule has 1 saturated carbocycles. The van der Waals surface area contributed by atoms with E-state index in [1.54, 1.807) is 6.20 Å². The Morgan fingerprint density at radius 3 is 2.88 bits per heavy atom. The van der Waals surface area contributed by atoms with Gasteiger partial charge in [-0.3, -0.25) is 0 Å². The molecule has 1 aromatic heterocycles. The molecule has 0 aromatic carbocycles. The number of aromatic nitrogens is 2. The minimum atomic E-state index is 0.626. The first-order valence-corrected chi connectivity index (χ1v) is 6.57. The van der Waals surface area contributed by atoms with Gasteiger partial charge in [0.1, 0.15) is 5.02 Å². The maximum atomic E-state index is 6.19. The Morgan fingerprint density at radius 2 is 2.29 bits per heavy atom. The van der Waals surface area contributed by atoms with Gasteiger partial charge in [0.05, 0.1) is 6.20 Å². The summed E-state index contributed by atoms with van der Waals surface area (Å²) in [5.41, 5.74) is 0. The summed E-state index contributed by atoms with van der Waals surface area (Å²) in [6.45, 7) is 4.23. The molecule has 94 valence electrons. The molecule has 0 radical (unpaired) electrons. The standard InChI is InChI=1S/C12H19ClN4/c1-3-6-17(8-9-4-5-9)11-10(13)7-15-12(14-2)16-11/h7,9H,3-6,8H2,1-2H3,(H,14,15,16). The number of hydrogen-bond acceptors (Lipinski definition) is 4. The summed E-state index contributed by atoms with van der Waals surface area (Å²) in [5, 5.41) is 3.59. The molecule has 4 nitrogen and oxygen atoms in total. The monoisotopic (exact) mass is 254 g/mol. The van der Waals surface area contributed by atoms with Gasteiger partial charge in [-0.1, -0.05) is 18.5 Å². The molecule has 1 fully saturated rings. The molecular formula is C12H19ClN4. The van der Waals surface area contributed by atoms with Crippen LogP contribution in [0, 0.1) is 5.92 Å². The summed E-state index contributed by atoms with van der Waals surface area (Å²) in [6.07, 6.45) is 5.44. The fourth-order valence-electron chi connectivity index (χ4n) is 1.87. The number of nitrogens with zero attached hydrogens (tertiary/aromatic N) is 3. The van der Waals surface area contributed by atoms with E-state index in [0.29, 0.717) is 11.0 Å². The first kappa shape index (κ1) is 12.4. The molecule has 17 heavy (non-hydrogen) atoms. The van der Waals surface area contributed by atoms with Gasteiger partial charge in [-0.15, -0.1) is 0 Å². The van der Waals surface area contributed by atoms with Crippen molar-refractivity contribution in [1.82, 2.24) is 9.97 Å². The van der Waals surface area contributed by atoms with Crippen molar-refractivity contribution in [2.45, 2.75) is 26.2 Å². The second-order valence-electron chi connectivity index (χ2n) is 4.50. The highest BCUT2D eigenvalue weighted by molar-refractivity contribution is 6.32. The molecule has 0 spiro atoms. The topological polar surface area (TPSA) is 41.1 Å². The Morgan fingerprint density at radius 1 is 1.53 bits per heavy atom. The van der Waals surface area contributed by atoms with E-state index in [4.69, 9.17) is 11.6 Å². The minimum Gasteiger partial charge on any atom is -0.357 e. The van der Waals surface area contributed by atoms with Gasteiger partial charge in [-0.05, 0) is 25.2 Å². The predicted octanol–water partition coefficient (Wildman–Crippen LogP) is 2.80. The Balaban J connectivity index is 2.19. The van der Waals surface area contributed by atoms with Crippen molar-refractivity contribution in [3.05, 3.63) is 11.2 Å². The van der Waals surface area contributed by atoms with Gasteiger partial charge in [0.15, 0.2) is 5.82 Å². The van der Waals surface area contributed by atoms with Crippen LogP contribution in [0.25, 0.3) is 0 Å². The zero-order chi connectivity index (χ0) is 12.3. The molecule has 1 heterocycles. The van der Waals surface area contributed by atoms with Crippen molar-refractivity contribution in [2.75, 3.05) is 30.4 Å². The smallest absolute Gasteiger partial charge is 0.224 e. The average molecular weight is 255 g/mol. The molecule has 1 aromatic rings. The predicted molar refractivity (Wildman–Crippen MR) is 71.8 cm³/mol. The van der Waals surface area contributed by atoms with Crippen molar-refractivity contribution in [2.24, 2.45) is 5.92 Å². The van der Waals surface area contributed by atoms with E-state index in [0.717, 1.165) is 31.2 Å². The first-order chi connectivity index (χ1) is 8.24. The minimum absolute atomic E-state index is 0.626. The molecule has 1 aliphatic rings. The highest BCUT2D eigenvalue weighted by atomic mass is 35.5.